The quantitative estimate of drug-likeness (QED) is 0.908. The van der Waals surface area contributed by atoms with Crippen molar-refractivity contribution in [3.63, 3.8) is 0 Å². The minimum atomic E-state index is -1.08. The molecule has 4 nitrogen and oxygen atoms in total. The number of halogens is 1. The fraction of sp³-hybridized carbons (Fsp3) is 0.400. The maximum atomic E-state index is 13.9. The minimum Gasteiger partial charge on any atom is -0.480 e. The van der Waals surface area contributed by atoms with Crippen LogP contribution in [0, 0.1) is 12.7 Å². The van der Waals surface area contributed by atoms with Gasteiger partial charge in [0, 0.05) is 24.5 Å². The fourth-order valence-electron chi connectivity index (χ4n) is 2.21. The van der Waals surface area contributed by atoms with Crippen molar-refractivity contribution in [2.24, 2.45) is 12.8 Å². The lowest BCUT2D eigenvalue weighted by Crippen LogP contribution is -2.32. The molecule has 20 heavy (non-hydrogen) atoms. The van der Waals surface area contributed by atoms with Crippen molar-refractivity contribution in [2.75, 3.05) is 0 Å². The normalized spacial score (nSPS) is 11.9. The van der Waals surface area contributed by atoms with Crippen LogP contribution in [0.5, 0.6) is 0 Å². The minimum absolute atomic E-state index is 0.124. The fourth-order valence-corrected chi connectivity index (χ4v) is 2.21. The molecular weight excluding hydrogens is 259 g/mol. The summed E-state index contributed by atoms with van der Waals surface area (Å²) in [6.07, 6.45) is 0.124. The SMILES string of the molecule is CC.Cc1c(CC(N)C(=O)O)c2c(F)cccc2n1C. The molecule has 0 saturated heterocycles. The van der Waals surface area contributed by atoms with Crippen LogP contribution in [0.25, 0.3) is 10.9 Å². The van der Waals surface area contributed by atoms with Crippen LogP contribution in [0.2, 0.25) is 0 Å². The van der Waals surface area contributed by atoms with Gasteiger partial charge in [0.1, 0.15) is 11.9 Å². The van der Waals surface area contributed by atoms with E-state index in [-0.39, 0.29) is 12.2 Å². The van der Waals surface area contributed by atoms with Crippen molar-refractivity contribution in [3.05, 3.63) is 35.3 Å². The molecule has 0 aliphatic heterocycles. The van der Waals surface area contributed by atoms with Crippen LogP contribution in [0.15, 0.2) is 18.2 Å². The van der Waals surface area contributed by atoms with E-state index in [0.717, 1.165) is 11.2 Å². The molecule has 1 aromatic heterocycles. The third-order valence-corrected chi connectivity index (χ3v) is 3.34. The van der Waals surface area contributed by atoms with E-state index >= 15 is 0 Å². The number of hydrogen-bond acceptors (Lipinski definition) is 2. The number of hydrogen-bond donors (Lipinski definition) is 2. The Bertz CT molecular complexity index is 620. The Morgan fingerprint density at radius 1 is 1.45 bits per heavy atom. The second kappa shape index (κ2) is 6.52. The molecule has 0 aliphatic carbocycles. The summed E-state index contributed by atoms with van der Waals surface area (Å²) in [6.45, 7) is 5.84. The van der Waals surface area contributed by atoms with Gasteiger partial charge in [-0.1, -0.05) is 19.9 Å². The van der Waals surface area contributed by atoms with Gasteiger partial charge in [-0.3, -0.25) is 4.79 Å². The summed E-state index contributed by atoms with van der Waals surface area (Å²) in [4.78, 5) is 10.8. The van der Waals surface area contributed by atoms with Crippen molar-refractivity contribution in [3.8, 4) is 0 Å². The topological polar surface area (TPSA) is 68.2 Å². The summed E-state index contributed by atoms with van der Waals surface area (Å²) in [7, 11) is 1.83. The lowest BCUT2D eigenvalue weighted by atomic mass is 10.0. The summed E-state index contributed by atoms with van der Waals surface area (Å²) in [5, 5.41) is 9.32. The second-order valence-electron chi connectivity index (χ2n) is 4.41. The van der Waals surface area contributed by atoms with Gasteiger partial charge >= 0.3 is 5.97 Å². The second-order valence-corrected chi connectivity index (χ2v) is 4.41. The summed E-state index contributed by atoms with van der Waals surface area (Å²) >= 11 is 0. The highest BCUT2D eigenvalue weighted by molar-refractivity contribution is 5.87. The molecule has 5 heteroatoms. The number of benzene rings is 1. The van der Waals surface area contributed by atoms with Crippen LogP contribution in [-0.4, -0.2) is 21.7 Å². The number of aromatic nitrogens is 1. The first kappa shape index (κ1) is 16.2. The van der Waals surface area contributed by atoms with E-state index in [9.17, 15) is 9.18 Å². The zero-order chi connectivity index (χ0) is 15.4. The number of aryl methyl sites for hydroxylation is 1. The predicted octanol–water partition coefficient (Wildman–Crippen LogP) is 2.61. The van der Waals surface area contributed by atoms with Gasteiger partial charge in [-0.2, -0.15) is 0 Å². The van der Waals surface area contributed by atoms with Gasteiger partial charge in [0.15, 0.2) is 0 Å². The monoisotopic (exact) mass is 280 g/mol. The van der Waals surface area contributed by atoms with Crippen LogP contribution in [0.3, 0.4) is 0 Å². The molecule has 1 unspecified atom stereocenters. The number of carboxylic acids is 1. The molecular formula is C15H21FN2O2. The highest BCUT2D eigenvalue weighted by Crippen LogP contribution is 2.28. The zero-order valence-corrected chi connectivity index (χ0v) is 12.3. The summed E-state index contributed by atoms with van der Waals surface area (Å²) in [6, 6.07) is 3.80. The highest BCUT2D eigenvalue weighted by atomic mass is 19.1. The van der Waals surface area contributed by atoms with Crippen molar-refractivity contribution < 1.29 is 14.3 Å². The van der Waals surface area contributed by atoms with Crippen LogP contribution in [-0.2, 0) is 18.3 Å². The Morgan fingerprint density at radius 2 is 2.05 bits per heavy atom. The largest absolute Gasteiger partial charge is 0.480 e. The van der Waals surface area contributed by atoms with E-state index in [1.165, 1.54) is 6.07 Å². The molecule has 0 radical (unpaired) electrons. The molecule has 1 heterocycles. The molecule has 0 bridgehead atoms. The van der Waals surface area contributed by atoms with Gasteiger partial charge in [-0.05, 0) is 24.6 Å². The van der Waals surface area contributed by atoms with Crippen molar-refractivity contribution in [2.45, 2.75) is 33.2 Å². The van der Waals surface area contributed by atoms with Crippen LogP contribution < -0.4 is 5.73 Å². The average molecular weight is 280 g/mol. The summed E-state index contributed by atoms with van der Waals surface area (Å²) < 4.78 is 15.7. The van der Waals surface area contributed by atoms with Crippen molar-refractivity contribution in [1.29, 1.82) is 0 Å². The predicted molar refractivity (Wildman–Crippen MR) is 78.3 cm³/mol. The molecule has 0 spiro atoms. The maximum Gasteiger partial charge on any atom is 0.320 e. The maximum absolute atomic E-state index is 13.9. The summed E-state index contributed by atoms with van der Waals surface area (Å²) in [5.41, 5.74) is 7.79. The molecule has 2 aromatic rings. The van der Waals surface area contributed by atoms with Crippen molar-refractivity contribution in [1.82, 2.24) is 4.57 Å². The van der Waals surface area contributed by atoms with Gasteiger partial charge in [0.25, 0.3) is 0 Å². The molecule has 0 amide bonds. The first-order chi connectivity index (χ1) is 9.43. The van der Waals surface area contributed by atoms with Gasteiger partial charge in [-0.15, -0.1) is 0 Å². The van der Waals surface area contributed by atoms with E-state index < -0.39 is 12.0 Å². The molecule has 0 saturated carbocycles. The Labute approximate surface area is 118 Å². The molecule has 0 aliphatic rings. The first-order valence-corrected chi connectivity index (χ1v) is 6.64. The lowest BCUT2D eigenvalue weighted by Gasteiger charge is -2.07. The van der Waals surface area contributed by atoms with Crippen LogP contribution in [0.4, 0.5) is 4.39 Å². The highest BCUT2D eigenvalue weighted by Gasteiger charge is 2.20. The van der Waals surface area contributed by atoms with Gasteiger partial charge in [0.05, 0.1) is 5.52 Å². The van der Waals surface area contributed by atoms with E-state index in [4.69, 9.17) is 10.8 Å². The Morgan fingerprint density at radius 3 is 2.60 bits per heavy atom. The van der Waals surface area contributed by atoms with Gasteiger partial charge in [0.2, 0.25) is 0 Å². The standard InChI is InChI=1S/C13H15FN2O2.C2H6/c1-7-8(6-10(15)13(17)18)12-9(14)4-3-5-11(12)16(7)2;1-2/h3-5,10H,6,15H2,1-2H3,(H,17,18);1-2H3. The van der Waals surface area contributed by atoms with E-state index in [0.29, 0.717) is 10.9 Å². The molecule has 3 N–H and O–H groups in total. The smallest absolute Gasteiger partial charge is 0.320 e. The number of nitrogens with two attached hydrogens (primary N) is 1. The molecule has 0 fully saturated rings. The molecule has 1 aromatic carbocycles. The Balaban J connectivity index is 0.000000956. The third-order valence-electron chi connectivity index (χ3n) is 3.34. The lowest BCUT2D eigenvalue weighted by molar-refractivity contribution is -0.138. The average Bonchev–Trinajstić information content (AvgIpc) is 2.67. The number of carboxylic acid groups (broad SMARTS) is 1. The van der Waals surface area contributed by atoms with E-state index in [1.54, 1.807) is 12.1 Å². The van der Waals surface area contributed by atoms with E-state index in [2.05, 4.69) is 0 Å². The van der Waals surface area contributed by atoms with Gasteiger partial charge < -0.3 is 15.4 Å². The zero-order valence-electron chi connectivity index (χ0n) is 12.3. The summed E-state index contributed by atoms with van der Waals surface area (Å²) in [5.74, 6) is -1.42. The third kappa shape index (κ3) is 2.82. The van der Waals surface area contributed by atoms with Gasteiger partial charge in [-0.25, -0.2) is 4.39 Å². The molecule has 110 valence electrons. The van der Waals surface area contributed by atoms with Crippen LogP contribution >= 0.6 is 0 Å². The Hall–Kier alpha value is -1.88. The number of fused-ring (bicyclic) bond motifs is 1. The number of carbonyl (C=O) groups is 1. The number of aliphatic carboxylic acids is 1. The molecule has 2 rings (SSSR count). The van der Waals surface area contributed by atoms with Crippen LogP contribution in [0.1, 0.15) is 25.1 Å². The number of nitrogens with zero attached hydrogens (tertiary/aromatic N) is 1. The van der Waals surface area contributed by atoms with E-state index in [1.807, 2.05) is 32.4 Å². The number of rotatable bonds is 3. The Kier molecular flexibility index (Phi) is 5.27. The molecule has 1 atom stereocenters. The first-order valence-electron chi connectivity index (χ1n) is 6.64. The van der Waals surface area contributed by atoms with Crippen molar-refractivity contribution >= 4 is 16.9 Å².